The Kier molecular flexibility index (Phi) is 6.61. The molecule has 6 heteroatoms. The first-order valence-electron chi connectivity index (χ1n) is 7.64. The fourth-order valence-electron chi connectivity index (χ4n) is 2.13. The third-order valence-electron chi connectivity index (χ3n) is 3.32. The van der Waals surface area contributed by atoms with Gasteiger partial charge in [-0.3, -0.25) is 4.79 Å². The van der Waals surface area contributed by atoms with E-state index in [2.05, 4.69) is 21.2 Å². The molecule has 0 atom stereocenters. The molecule has 2 rings (SSSR count). The molecule has 0 radical (unpaired) electrons. The van der Waals surface area contributed by atoms with Crippen LogP contribution in [0.25, 0.3) is 6.08 Å². The molecular weight excluding hydrogens is 384 g/mol. The molecule has 0 aliphatic carbocycles. The van der Waals surface area contributed by atoms with Gasteiger partial charge >= 0.3 is 0 Å². The summed E-state index contributed by atoms with van der Waals surface area (Å²) in [5.41, 5.74) is 1.48. The monoisotopic (exact) mass is 400 g/mol. The Balaban J connectivity index is 2.19. The van der Waals surface area contributed by atoms with Gasteiger partial charge < -0.3 is 15.2 Å². The maximum absolute atomic E-state index is 12.2. The summed E-state index contributed by atoms with van der Waals surface area (Å²) in [6, 6.07) is 14.5. The largest absolute Gasteiger partial charge is 0.503 e. The van der Waals surface area contributed by atoms with Crippen LogP contribution < -0.4 is 10.1 Å². The average Bonchev–Trinajstić information content (AvgIpc) is 2.62. The highest BCUT2D eigenvalue weighted by atomic mass is 79.9. The minimum Gasteiger partial charge on any atom is -0.503 e. The van der Waals surface area contributed by atoms with Gasteiger partial charge in [-0.2, -0.15) is 5.26 Å². The Bertz CT molecular complexity index is 827. The van der Waals surface area contributed by atoms with E-state index < -0.39 is 5.91 Å². The Morgan fingerprint density at radius 3 is 2.72 bits per heavy atom. The first kappa shape index (κ1) is 18.6. The van der Waals surface area contributed by atoms with Crippen molar-refractivity contribution >= 4 is 27.9 Å². The number of nitriles is 1. The molecule has 5 nitrogen and oxygen atoms in total. The molecule has 0 bridgehead atoms. The number of rotatable bonds is 6. The van der Waals surface area contributed by atoms with E-state index in [0.717, 1.165) is 5.56 Å². The van der Waals surface area contributed by atoms with Crippen LogP contribution in [-0.2, 0) is 11.3 Å². The number of hydrogen-bond donors (Lipinski definition) is 2. The van der Waals surface area contributed by atoms with Gasteiger partial charge in [0.15, 0.2) is 11.5 Å². The predicted molar refractivity (Wildman–Crippen MR) is 98.9 cm³/mol. The van der Waals surface area contributed by atoms with Gasteiger partial charge in [-0.25, -0.2) is 0 Å². The number of halogens is 1. The van der Waals surface area contributed by atoms with Crippen LogP contribution in [0.4, 0.5) is 0 Å². The smallest absolute Gasteiger partial charge is 0.262 e. The molecule has 2 aromatic carbocycles. The van der Waals surface area contributed by atoms with Crippen LogP contribution in [0.5, 0.6) is 11.5 Å². The van der Waals surface area contributed by atoms with Gasteiger partial charge in [0.2, 0.25) is 0 Å². The Morgan fingerprint density at radius 2 is 2.08 bits per heavy atom. The first-order chi connectivity index (χ1) is 12.0. The molecule has 2 N–H and O–H groups in total. The quantitative estimate of drug-likeness (QED) is 0.570. The highest BCUT2D eigenvalue weighted by Crippen LogP contribution is 2.36. The molecule has 0 fully saturated rings. The standard InChI is InChI=1S/C19H17BrN2O3/c1-2-25-17-10-14(9-16(20)18(17)23)8-15(11-21)19(24)22-12-13-6-4-3-5-7-13/h3-10,23H,2,12H2,1H3,(H,22,24)/b15-8-. The molecular formula is C19H17BrN2O3. The van der Waals surface area contributed by atoms with E-state index in [0.29, 0.717) is 23.2 Å². The maximum atomic E-state index is 12.2. The average molecular weight is 401 g/mol. The number of nitrogens with one attached hydrogen (secondary N) is 1. The van der Waals surface area contributed by atoms with Crippen molar-refractivity contribution in [2.45, 2.75) is 13.5 Å². The van der Waals surface area contributed by atoms with Crippen LogP contribution in [0.2, 0.25) is 0 Å². The van der Waals surface area contributed by atoms with Crippen molar-refractivity contribution in [1.82, 2.24) is 5.32 Å². The summed E-state index contributed by atoms with van der Waals surface area (Å²) in [7, 11) is 0. The fraction of sp³-hybridized carbons (Fsp3) is 0.158. The molecule has 1 amide bonds. The van der Waals surface area contributed by atoms with Crippen LogP contribution in [0.3, 0.4) is 0 Å². The van der Waals surface area contributed by atoms with E-state index in [1.54, 1.807) is 19.1 Å². The van der Waals surface area contributed by atoms with Crippen molar-refractivity contribution in [3.63, 3.8) is 0 Å². The van der Waals surface area contributed by atoms with Crippen molar-refractivity contribution in [3.8, 4) is 17.6 Å². The first-order valence-corrected chi connectivity index (χ1v) is 8.43. The number of nitrogens with zero attached hydrogens (tertiary/aromatic N) is 1. The van der Waals surface area contributed by atoms with E-state index >= 15 is 0 Å². The number of aromatic hydroxyl groups is 1. The van der Waals surface area contributed by atoms with Gasteiger partial charge in [0.25, 0.3) is 5.91 Å². The van der Waals surface area contributed by atoms with Crippen LogP contribution in [-0.4, -0.2) is 17.6 Å². The van der Waals surface area contributed by atoms with Gasteiger partial charge in [0.1, 0.15) is 11.6 Å². The second-order valence-corrected chi connectivity index (χ2v) is 5.97. The SMILES string of the molecule is CCOc1cc(/C=C(/C#N)C(=O)NCc2ccccc2)cc(Br)c1O. The van der Waals surface area contributed by atoms with Crippen molar-refractivity contribution in [3.05, 3.63) is 63.6 Å². The third kappa shape index (κ3) is 5.10. The molecule has 128 valence electrons. The summed E-state index contributed by atoms with van der Waals surface area (Å²) in [5, 5.41) is 21.9. The summed E-state index contributed by atoms with van der Waals surface area (Å²) >= 11 is 3.23. The van der Waals surface area contributed by atoms with Crippen LogP contribution in [0, 0.1) is 11.3 Å². The lowest BCUT2D eigenvalue weighted by Crippen LogP contribution is -2.23. The van der Waals surface area contributed by atoms with Gasteiger partial charge in [-0.15, -0.1) is 0 Å². The lowest BCUT2D eigenvalue weighted by Gasteiger charge is -2.09. The minimum absolute atomic E-state index is 0.0222. The number of carbonyl (C=O) groups excluding carboxylic acids is 1. The zero-order valence-electron chi connectivity index (χ0n) is 13.6. The van der Waals surface area contributed by atoms with Crippen molar-refractivity contribution < 1.29 is 14.6 Å². The van der Waals surface area contributed by atoms with Crippen molar-refractivity contribution in [2.24, 2.45) is 0 Å². The van der Waals surface area contributed by atoms with Gasteiger partial charge in [-0.1, -0.05) is 30.3 Å². The topological polar surface area (TPSA) is 82.3 Å². The Labute approximate surface area is 154 Å². The summed E-state index contributed by atoms with van der Waals surface area (Å²) in [4.78, 5) is 12.2. The van der Waals surface area contributed by atoms with Crippen molar-refractivity contribution in [1.29, 1.82) is 5.26 Å². The zero-order valence-corrected chi connectivity index (χ0v) is 15.2. The molecule has 0 spiro atoms. The highest BCUT2D eigenvalue weighted by Gasteiger charge is 2.12. The van der Waals surface area contributed by atoms with E-state index in [9.17, 15) is 15.2 Å². The van der Waals surface area contributed by atoms with Crippen LogP contribution >= 0.6 is 15.9 Å². The Morgan fingerprint density at radius 1 is 1.36 bits per heavy atom. The number of carbonyl (C=O) groups is 1. The van der Waals surface area contributed by atoms with Gasteiger partial charge in [-0.05, 0) is 52.2 Å². The van der Waals surface area contributed by atoms with E-state index in [4.69, 9.17) is 4.74 Å². The Hall–Kier alpha value is -2.78. The summed E-state index contributed by atoms with van der Waals surface area (Å²) in [6.07, 6.45) is 1.45. The molecule has 2 aromatic rings. The number of ether oxygens (including phenoxy) is 1. The zero-order chi connectivity index (χ0) is 18.2. The molecule has 0 aliphatic rings. The van der Waals surface area contributed by atoms with E-state index in [1.165, 1.54) is 6.08 Å². The second kappa shape index (κ2) is 8.90. The van der Waals surface area contributed by atoms with E-state index in [1.807, 2.05) is 36.4 Å². The molecule has 0 saturated carbocycles. The number of phenols is 1. The molecule has 0 aliphatic heterocycles. The van der Waals surface area contributed by atoms with Gasteiger partial charge in [0, 0.05) is 6.54 Å². The number of benzene rings is 2. The third-order valence-corrected chi connectivity index (χ3v) is 3.93. The number of hydrogen-bond acceptors (Lipinski definition) is 4. The summed E-state index contributed by atoms with van der Waals surface area (Å²) < 4.78 is 5.77. The molecule has 0 unspecified atom stereocenters. The normalized spacial score (nSPS) is 10.8. The molecule has 0 saturated heterocycles. The summed E-state index contributed by atoms with van der Waals surface area (Å²) in [5.74, 6) is -0.204. The van der Waals surface area contributed by atoms with Crippen LogP contribution in [0.15, 0.2) is 52.5 Å². The molecule has 0 heterocycles. The summed E-state index contributed by atoms with van der Waals surface area (Å²) in [6.45, 7) is 2.52. The number of amides is 1. The van der Waals surface area contributed by atoms with E-state index in [-0.39, 0.29) is 17.1 Å². The highest BCUT2D eigenvalue weighted by molar-refractivity contribution is 9.10. The predicted octanol–water partition coefficient (Wildman–Crippen LogP) is 3.78. The van der Waals surface area contributed by atoms with Gasteiger partial charge in [0.05, 0.1) is 11.1 Å². The number of phenolic OH excluding ortho intramolecular Hbond substituents is 1. The fourth-order valence-corrected chi connectivity index (χ4v) is 2.59. The molecule has 25 heavy (non-hydrogen) atoms. The maximum Gasteiger partial charge on any atom is 0.262 e. The molecule has 0 aromatic heterocycles. The van der Waals surface area contributed by atoms with Crippen LogP contribution in [0.1, 0.15) is 18.1 Å². The lowest BCUT2D eigenvalue weighted by molar-refractivity contribution is -0.117. The second-order valence-electron chi connectivity index (χ2n) is 5.12. The van der Waals surface area contributed by atoms with Crippen molar-refractivity contribution in [2.75, 3.05) is 6.61 Å². The minimum atomic E-state index is -0.464. The lowest BCUT2D eigenvalue weighted by atomic mass is 10.1.